The molecule has 1 aromatic heterocycles. The van der Waals surface area contributed by atoms with Crippen LogP contribution in [0.3, 0.4) is 0 Å². The lowest BCUT2D eigenvalue weighted by Crippen LogP contribution is -2.31. The number of benzene rings is 1. The molecule has 2 unspecified atom stereocenters. The first-order chi connectivity index (χ1) is 14.5. The number of aliphatic hydroxyl groups excluding tert-OH is 1. The average Bonchev–Trinajstić information content (AvgIpc) is 3.17. The third-order valence-corrected chi connectivity index (χ3v) is 5.52. The second-order valence-electron chi connectivity index (χ2n) is 9.51. The van der Waals surface area contributed by atoms with E-state index < -0.39 is 11.7 Å². The Morgan fingerprint density at radius 2 is 1.84 bits per heavy atom. The zero-order chi connectivity index (χ0) is 22.8. The van der Waals surface area contributed by atoms with E-state index in [0.29, 0.717) is 13.0 Å². The number of alkyl halides is 2. The maximum atomic E-state index is 15.4. The van der Waals surface area contributed by atoms with Crippen LogP contribution in [0.5, 0.6) is 0 Å². The van der Waals surface area contributed by atoms with Crippen molar-refractivity contribution in [3.8, 4) is 0 Å². The van der Waals surface area contributed by atoms with Crippen LogP contribution in [0.4, 0.5) is 24.8 Å². The number of halogens is 3. The Balaban J connectivity index is 1.84. The van der Waals surface area contributed by atoms with E-state index in [4.69, 9.17) is 0 Å². The van der Waals surface area contributed by atoms with E-state index in [1.807, 2.05) is 25.7 Å². The summed E-state index contributed by atoms with van der Waals surface area (Å²) in [6.45, 7) is 7.48. The maximum absolute atomic E-state index is 15.4. The fourth-order valence-electron chi connectivity index (χ4n) is 4.12. The van der Waals surface area contributed by atoms with Crippen molar-refractivity contribution in [2.75, 3.05) is 23.4 Å². The SMILES string of the molecule is CC(C)(C)CC(CO)Nc1ncnc(N2CCCC2c2ccc(C(C)(F)F)cc2)c1F. The molecule has 1 saturated heterocycles. The van der Waals surface area contributed by atoms with E-state index in [-0.39, 0.29) is 41.3 Å². The minimum absolute atomic E-state index is 0.0469. The molecular formula is C23H31F3N4O. The Kier molecular flexibility index (Phi) is 6.79. The highest BCUT2D eigenvalue weighted by Crippen LogP contribution is 2.38. The lowest BCUT2D eigenvalue weighted by Gasteiger charge is -2.28. The second kappa shape index (κ2) is 9.02. The molecule has 0 saturated carbocycles. The van der Waals surface area contributed by atoms with E-state index in [0.717, 1.165) is 25.3 Å². The Bertz CT molecular complexity index is 878. The summed E-state index contributed by atoms with van der Waals surface area (Å²) >= 11 is 0. The smallest absolute Gasteiger partial charge is 0.270 e. The zero-order valence-electron chi connectivity index (χ0n) is 18.5. The summed E-state index contributed by atoms with van der Waals surface area (Å²) in [6.07, 6.45) is 3.56. The van der Waals surface area contributed by atoms with Crippen molar-refractivity contribution in [3.63, 3.8) is 0 Å². The third-order valence-electron chi connectivity index (χ3n) is 5.52. The molecule has 2 heterocycles. The van der Waals surface area contributed by atoms with Crippen LogP contribution in [0.25, 0.3) is 0 Å². The molecular weight excluding hydrogens is 405 g/mol. The molecule has 1 aliphatic heterocycles. The van der Waals surface area contributed by atoms with Crippen LogP contribution in [0.2, 0.25) is 0 Å². The van der Waals surface area contributed by atoms with Gasteiger partial charge in [-0.15, -0.1) is 0 Å². The average molecular weight is 437 g/mol. The lowest BCUT2D eigenvalue weighted by atomic mass is 9.88. The molecule has 5 nitrogen and oxygen atoms in total. The van der Waals surface area contributed by atoms with Gasteiger partial charge in [0.2, 0.25) is 5.82 Å². The van der Waals surface area contributed by atoms with Gasteiger partial charge >= 0.3 is 0 Å². The summed E-state index contributed by atoms with van der Waals surface area (Å²) in [6, 6.07) is 5.72. The summed E-state index contributed by atoms with van der Waals surface area (Å²) in [4.78, 5) is 10.1. The summed E-state index contributed by atoms with van der Waals surface area (Å²) in [5.74, 6) is -3.24. The van der Waals surface area contributed by atoms with Gasteiger partial charge in [-0.05, 0) is 30.2 Å². The fourth-order valence-corrected chi connectivity index (χ4v) is 4.12. The normalized spacial score (nSPS) is 18.3. The Morgan fingerprint density at radius 1 is 1.16 bits per heavy atom. The summed E-state index contributed by atoms with van der Waals surface area (Å²) in [5.41, 5.74) is 0.752. The van der Waals surface area contributed by atoms with Crippen molar-refractivity contribution < 1.29 is 18.3 Å². The molecule has 2 atom stereocenters. The highest BCUT2D eigenvalue weighted by Gasteiger charge is 2.32. The number of nitrogens with zero attached hydrogens (tertiary/aromatic N) is 3. The summed E-state index contributed by atoms with van der Waals surface area (Å²) < 4.78 is 42.4. The van der Waals surface area contributed by atoms with Gasteiger partial charge in [0.25, 0.3) is 5.92 Å². The quantitative estimate of drug-likeness (QED) is 0.619. The Hall–Kier alpha value is -2.35. The lowest BCUT2D eigenvalue weighted by molar-refractivity contribution is 0.0174. The molecule has 1 aromatic carbocycles. The van der Waals surface area contributed by atoms with Crippen molar-refractivity contribution in [1.82, 2.24) is 9.97 Å². The van der Waals surface area contributed by atoms with Gasteiger partial charge in [-0.1, -0.05) is 45.0 Å². The standard InChI is InChI=1S/C23H31F3N4O/c1-22(2,3)12-17(13-31)29-20-19(24)21(28-14-27-20)30-11-5-6-18(30)15-7-9-16(10-8-15)23(4,25)26/h7-10,14,17-18,31H,5-6,11-13H2,1-4H3,(H,27,28,29). The molecule has 1 aliphatic rings. The number of aliphatic hydroxyl groups is 1. The van der Waals surface area contributed by atoms with Gasteiger partial charge in [-0.25, -0.2) is 18.7 Å². The van der Waals surface area contributed by atoms with Crippen molar-refractivity contribution >= 4 is 11.6 Å². The van der Waals surface area contributed by atoms with Gasteiger partial charge in [-0.2, -0.15) is 4.39 Å². The van der Waals surface area contributed by atoms with Crippen LogP contribution in [0, 0.1) is 11.2 Å². The molecule has 170 valence electrons. The highest BCUT2D eigenvalue weighted by molar-refractivity contribution is 5.53. The first-order valence-corrected chi connectivity index (χ1v) is 10.6. The highest BCUT2D eigenvalue weighted by atomic mass is 19.3. The largest absolute Gasteiger partial charge is 0.394 e. The summed E-state index contributed by atoms with van der Waals surface area (Å²) in [7, 11) is 0. The molecule has 3 rings (SSSR count). The molecule has 2 N–H and O–H groups in total. The minimum Gasteiger partial charge on any atom is -0.394 e. The summed E-state index contributed by atoms with van der Waals surface area (Å²) in [5, 5.41) is 12.7. The molecule has 2 aromatic rings. The molecule has 1 fully saturated rings. The molecule has 0 aliphatic carbocycles. The number of rotatable bonds is 7. The van der Waals surface area contributed by atoms with Crippen molar-refractivity contribution in [2.45, 2.75) is 65.0 Å². The predicted molar refractivity (Wildman–Crippen MR) is 116 cm³/mol. The fraction of sp³-hybridized carbons (Fsp3) is 0.565. The van der Waals surface area contributed by atoms with Gasteiger partial charge < -0.3 is 15.3 Å². The van der Waals surface area contributed by atoms with Crippen LogP contribution in [0.1, 0.15) is 64.1 Å². The molecule has 0 amide bonds. The van der Waals surface area contributed by atoms with Crippen LogP contribution >= 0.6 is 0 Å². The Morgan fingerprint density at radius 3 is 2.42 bits per heavy atom. The van der Waals surface area contributed by atoms with Crippen molar-refractivity contribution in [1.29, 1.82) is 0 Å². The van der Waals surface area contributed by atoms with Gasteiger partial charge in [-0.3, -0.25) is 0 Å². The third kappa shape index (κ3) is 5.67. The monoisotopic (exact) mass is 436 g/mol. The molecule has 0 bridgehead atoms. The van der Waals surface area contributed by atoms with E-state index in [2.05, 4.69) is 15.3 Å². The maximum Gasteiger partial charge on any atom is 0.270 e. The topological polar surface area (TPSA) is 61.3 Å². The van der Waals surface area contributed by atoms with Gasteiger partial charge in [0.15, 0.2) is 11.6 Å². The van der Waals surface area contributed by atoms with Crippen molar-refractivity contribution in [3.05, 3.63) is 47.5 Å². The number of aromatic nitrogens is 2. The molecule has 0 spiro atoms. The number of hydrogen-bond acceptors (Lipinski definition) is 5. The first kappa shape index (κ1) is 23.3. The first-order valence-electron chi connectivity index (χ1n) is 10.6. The second-order valence-corrected chi connectivity index (χ2v) is 9.51. The molecule has 0 radical (unpaired) electrons. The van der Waals surface area contributed by atoms with E-state index >= 15 is 4.39 Å². The van der Waals surface area contributed by atoms with Crippen LogP contribution in [0.15, 0.2) is 30.6 Å². The van der Waals surface area contributed by atoms with Crippen LogP contribution < -0.4 is 10.2 Å². The van der Waals surface area contributed by atoms with Gasteiger partial charge in [0, 0.05) is 19.0 Å². The van der Waals surface area contributed by atoms with E-state index in [1.54, 1.807) is 12.1 Å². The minimum atomic E-state index is -2.90. The van der Waals surface area contributed by atoms with Crippen LogP contribution in [-0.4, -0.2) is 34.3 Å². The molecule has 8 heteroatoms. The predicted octanol–water partition coefficient (Wildman–Crippen LogP) is 5.28. The van der Waals surface area contributed by atoms with Crippen molar-refractivity contribution in [2.24, 2.45) is 5.41 Å². The van der Waals surface area contributed by atoms with Crippen LogP contribution in [-0.2, 0) is 5.92 Å². The Labute approximate surface area is 181 Å². The zero-order valence-corrected chi connectivity index (χ0v) is 18.5. The number of nitrogens with one attached hydrogen (secondary N) is 1. The van der Waals surface area contributed by atoms with E-state index in [9.17, 15) is 13.9 Å². The van der Waals surface area contributed by atoms with E-state index in [1.165, 1.54) is 18.5 Å². The number of hydrogen-bond donors (Lipinski definition) is 2. The molecule has 31 heavy (non-hydrogen) atoms. The number of anilines is 2. The van der Waals surface area contributed by atoms with Gasteiger partial charge in [0.05, 0.1) is 18.7 Å². The van der Waals surface area contributed by atoms with Gasteiger partial charge in [0.1, 0.15) is 6.33 Å².